The predicted molar refractivity (Wildman–Crippen MR) is 92.8 cm³/mol. The predicted octanol–water partition coefficient (Wildman–Crippen LogP) is 4.93. The Morgan fingerprint density at radius 1 is 1.05 bits per heavy atom. The highest BCUT2D eigenvalue weighted by Crippen LogP contribution is 2.37. The zero-order valence-electron chi connectivity index (χ0n) is 12.5. The van der Waals surface area contributed by atoms with Crippen molar-refractivity contribution in [1.29, 1.82) is 0 Å². The lowest BCUT2D eigenvalue weighted by Gasteiger charge is -2.32. The second-order valence-corrected chi connectivity index (χ2v) is 7.33. The third-order valence-electron chi connectivity index (χ3n) is 4.90. The molecule has 0 bridgehead atoms. The molecule has 2 nitrogen and oxygen atoms in total. The first-order chi connectivity index (χ1) is 10.2. The normalized spacial score (nSPS) is 24.1. The molecular formula is C18H23BrN2. The van der Waals surface area contributed by atoms with Gasteiger partial charge in [0.2, 0.25) is 0 Å². The number of nitrogens with two attached hydrogens (primary N) is 1. The third-order valence-corrected chi connectivity index (χ3v) is 5.39. The van der Waals surface area contributed by atoms with Crippen molar-refractivity contribution in [3.8, 4) is 0 Å². The van der Waals surface area contributed by atoms with Crippen LogP contribution in [0.3, 0.4) is 0 Å². The number of rotatable bonds is 3. The van der Waals surface area contributed by atoms with Gasteiger partial charge in [0.1, 0.15) is 0 Å². The van der Waals surface area contributed by atoms with Gasteiger partial charge >= 0.3 is 0 Å². The molecule has 112 valence electrons. The number of halogens is 1. The molecule has 0 saturated heterocycles. The van der Waals surface area contributed by atoms with Gasteiger partial charge in [-0.25, -0.2) is 0 Å². The van der Waals surface area contributed by atoms with E-state index in [1.165, 1.54) is 42.0 Å². The molecule has 2 aromatic rings. The maximum Gasteiger partial charge on any atom is 0.0488 e. The van der Waals surface area contributed by atoms with Crippen molar-refractivity contribution in [3.05, 3.63) is 46.4 Å². The lowest BCUT2D eigenvalue weighted by atomic mass is 9.77. The fourth-order valence-electron chi connectivity index (χ4n) is 3.55. The molecule has 1 saturated carbocycles. The molecule has 3 rings (SSSR count). The summed E-state index contributed by atoms with van der Waals surface area (Å²) in [6, 6.07) is 13.4. The van der Waals surface area contributed by atoms with E-state index in [4.69, 9.17) is 5.84 Å². The van der Waals surface area contributed by atoms with Crippen LogP contribution in [0.5, 0.6) is 0 Å². The lowest BCUT2D eigenvalue weighted by Crippen LogP contribution is -2.35. The highest BCUT2D eigenvalue weighted by Gasteiger charge is 2.26. The van der Waals surface area contributed by atoms with Gasteiger partial charge in [0, 0.05) is 10.5 Å². The Kier molecular flexibility index (Phi) is 4.63. The Morgan fingerprint density at radius 2 is 1.71 bits per heavy atom. The van der Waals surface area contributed by atoms with Gasteiger partial charge in [-0.2, -0.15) is 0 Å². The molecule has 2 aromatic carbocycles. The van der Waals surface area contributed by atoms with Crippen molar-refractivity contribution < 1.29 is 0 Å². The molecule has 21 heavy (non-hydrogen) atoms. The van der Waals surface area contributed by atoms with Crippen LogP contribution in [-0.4, -0.2) is 0 Å². The summed E-state index contributed by atoms with van der Waals surface area (Å²) in [5.74, 6) is 7.40. The number of hydrogen-bond acceptors (Lipinski definition) is 2. The number of nitrogens with one attached hydrogen (secondary N) is 1. The minimum Gasteiger partial charge on any atom is -0.271 e. The van der Waals surface area contributed by atoms with E-state index in [0.717, 1.165) is 10.4 Å². The van der Waals surface area contributed by atoms with Gasteiger partial charge in [-0.1, -0.05) is 53.9 Å². The Labute approximate surface area is 135 Å². The lowest BCUT2D eigenvalue weighted by molar-refractivity contribution is 0.232. The second-order valence-electron chi connectivity index (χ2n) is 6.42. The van der Waals surface area contributed by atoms with Crippen LogP contribution < -0.4 is 11.3 Å². The van der Waals surface area contributed by atoms with E-state index in [1.807, 2.05) is 0 Å². The maximum absolute atomic E-state index is 5.88. The summed E-state index contributed by atoms with van der Waals surface area (Å²) in [5, 5.41) is 2.54. The van der Waals surface area contributed by atoms with Gasteiger partial charge < -0.3 is 0 Å². The van der Waals surface area contributed by atoms with E-state index in [0.29, 0.717) is 5.92 Å². The summed E-state index contributed by atoms with van der Waals surface area (Å²) in [4.78, 5) is 0. The van der Waals surface area contributed by atoms with Gasteiger partial charge in [0.15, 0.2) is 0 Å². The minimum atomic E-state index is 0.269. The van der Waals surface area contributed by atoms with E-state index in [-0.39, 0.29) is 6.04 Å². The quantitative estimate of drug-likeness (QED) is 0.610. The van der Waals surface area contributed by atoms with Crippen LogP contribution >= 0.6 is 15.9 Å². The monoisotopic (exact) mass is 346 g/mol. The first kappa shape index (κ1) is 15.0. The summed E-state index contributed by atoms with van der Waals surface area (Å²) in [6.45, 7) is 2.36. The molecule has 1 fully saturated rings. The molecule has 1 aliphatic carbocycles. The van der Waals surface area contributed by atoms with Crippen LogP contribution in [0.25, 0.3) is 10.8 Å². The Balaban J connectivity index is 1.88. The zero-order valence-corrected chi connectivity index (χ0v) is 14.1. The number of benzene rings is 2. The topological polar surface area (TPSA) is 38.0 Å². The van der Waals surface area contributed by atoms with Gasteiger partial charge in [-0.15, -0.1) is 0 Å². The van der Waals surface area contributed by atoms with E-state index in [1.54, 1.807) is 0 Å². The Hall–Kier alpha value is -0.900. The average molecular weight is 347 g/mol. The number of fused-ring (bicyclic) bond motifs is 1. The smallest absolute Gasteiger partial charge is 0.0488 e. The van der Waals surface area contributed by atoms with E-state index < -0.39 is 0 Å². The number of hydrogen-bond donors (Lipinski definition) is 2. The second kappa shape index (κ2) is 6.47. The molecule has 3 heteroatoms. The molecule has 0 spiro atoms. The molecule has 3 N–H and O–H groups in total. The van der Waals surface area contributed by atoms with E-state index in [9.17, 15) is 0 Å². The van der Waals surface area contributed by atoms with Crippen LogP contribution in [0, 0.1) is 11.8 Å². The summed E-state index contributed by atoms with van der Waals surface area (Å²) in [5.41, 5.74) is 4.38. The van der Waals surface area contributed by atoms with Crippen molar-refractivity contribution in [2.75, 3.05) is 0 Å². The van der Waals surface area contributed by atoms with Crippen molar-refractivity contribution in [3.63, 3.8) is 0 Å². The van der Waals surface area contributed by atoms with E-state index in [2.05, 4.69) is 64.7 Å². The molecule has 0 amide bonds. The molecular weight excluding hydrogens is 324 g/mol. The largest absolute Gasteiger partial charge is 0.271 e. The van der Waals surface area contributed by atoms with Crippen LogP contribution in [0.1, 0.15) is 44.2 Å². The Bertz CT molecular complexity index is 618. The summed E-state index contributed by atoms with van der Waals surface area (Å²) in [6.07, 6.45) is 5.19. The SMILES string of the molecule is CC1CCC(C(NN)c2ccc3cc(Br)ccc3c2)CC1. The van der Waals surface area contributed by atoms with Crippen molar-refractivity contribution in [2.24, 2.45) is 17.7 Å². The molecule has 1 unspecified atom stereocenters. The standard InChI is InChI=1S/C18H23BrN2/c1-12-2-4-13(5-3-12)18(21-20)16-7-6-15-11-17(19)9-8-14(15)10-16/h6-13,18,21H,2-5,20H2,1H3. The number of hydrazine groups is 1. The van der Waals surface area contributed by atoms with Crippen LogP contribution in [0.4, 0.5) is 0 Å². The summed E-state index contributed by atoms with van der Waals surface area (Å²) >= 11 is 3.53. The molecule has 1 atom stereocenters. The van der Waals surface area contributed by atoms with Crippen LogP contribution in [-0.2, 0) is 0 Å². The molecule has 0 aliphatic heterocycles. The average Bonchev–Trinajstić information content (AvgIpc) is 2.50. The molecule has 0 heterocycles. The van der Waals surface area contributed by atoms with Crippen molar-refractivity contribution >= 4 is 26.7 Å². The zero-order chi connectivity index (χ0) is 14.8. The van der Waals surface area contributed by atoms with Crippen molar-refractivity contribution in [2.45, 2.75) is 38.6 Å². The molecule has 1 aliphatic rings. The van der Waals surface area contributed by atoms with Crippen LogP contribution in [0.15, 0.2) is 40.9 Å². The van der Waals surface area contributed by atoms with E-state index >= 15 is 0 Å². The highest BCUT2D eigenvalue weighted by atomic mass is 79.9. The van der Waals surface area contributed by atoms with Crippen LogP contribution in [0.2, 0.25) is 0 Å². The summed E-state index contributed by atoms with van der Waals surface area (Å²) in [7, 11) is 0. The molecule has 0 aromatic heterocycles. The summed E-state index contributed by atoms with van der Waals surface area (Å²) < 4.78 is 1.12. The van der Waals surface area contributed by atoms with Crippen molar-refractivity contribution in [1.82, 2.24) is 5.43 Å². The minimum absolute atomic E-state index is 0.269. The maximum atomic E-state index is 5.88. The first-order valence-electron chi connectivity index (χ1n) is 7.82. The molecule has 0 radical (unpaired) electrons. The first-order valence-corrected chi connectivity index (χ1v) is 8.62. The van der Waals surface area contributed by atoms with Gasteiger partial charge in [-0.3, -0.25) is 11.3 Å². The fourth-order valence-corrected chi connectivity index (χ4v) is 3.93. The van der Waals surface area contributed by atoms with Gasteiger partial charge in [0.25, 0.3) is 0 Å². The highest BCUT2D eigenvalue weighted by molar-refractivity contribution is 9.10. The fraction of sp³-hybridized carbons (Fsp3) is 0.444. The third kappa shape index (κ3) is 3.31. The van der Waals surface area contributed by atoms with Gasteiger partial charge in [0.05, 0.1) is 0 Å². The Morgan fingerprint density at radius 3 is 2.43 bits per heavy atom. The van der Waals surface area contributed by atoms with Gasteiger partial charge in [-0.05, 0) is 59.2 Å².